The monoisotopic (exact) mass is 291 g/mol. The number of pyridine rings is 1. The Labute approximate surface area is 119 Å². The Morgan fingerprint density at radius 2 is 1.80 bits per heavy atom. The number of benzene rings is 1. The summed E-state index contributed by atoms with van der Waals surface area (Å²) in [5.41, 5.74) is 2.00. The lowest BCUT2D eigenvalue weighted by Crippen LogP contribution is -2.14. The molecule has 1 heterocycles. The molecule has 0 aliphatic carbocycles. The van der Waals surface area contributed by atoms with Crippen molar-refractivity contribution in [2.24, 2.45) is 0 Å². The number of hydrogen-bond acceptors (Lipinski definition) is 4. The lowest BCUT2D eigenvalue weighted by atomic mass is 10.2. The molecule has 5 nitrogen and oxygen atoms in total. The van der Waals surface area contributed by atoms with Gasteiger partial charge in [-0.25, -0.2) is 13.4 Å². The Bertz CT molecular complexity index is 665. The second kappa shape index (κ2) is 6.02. The van der Waals surface area contributed by atoms with Crippen LogP contribution in [0.15, 0.2) is 47.5 Å². The second-order valence-electron chi connectivity index (χ2n) is 4.50. The zero-order valence-electron chi connectivity index (χ0n) is 11.4. The Hall–Kier alpha value is -1.92. The lowest BCUT2D eigenvalue weighted by Gasteiger charge is -2.08. The molecule has 0 fully saturated rings. The maximum Gasteiger partial charge on any atom is 0.263 e. The van der Waals surface area contributed by atoms with Crippen molar-refractivity contribution in [2.75, 3.05) is 11.8 Å². The molecule has 0 spiro atoms. The summed E-state index contributed by atoms with van der Waals surface area (Å²) in [7, 11) is -1.75. The number of aromatic nitrogens is 1. The summed E-state index contributed by atoms with van der Waals surface area (Å²) < 4.78 is 26.8. The molecule has 1 aromatic heterocycles. The van der Waals surface area contributed by atoms with Crippen molar-refractivity contribution in [3.8, 4) is 0 Å². The fraction of sp³-hybridized carbons (Fsp3) is 0.214. The Balaban J connectivity index is 2.19. The van der Waals surface area contributed by atoms with Crippen LogP contribution in [0.1, 0.15) is 11.1 Å². The number of aryl methyl sites for hydroxylation is 1. The number of rotatable bonds is 5. The summed E-state index contributed by atoms with van der Waals surface area (Å²) in [5, 5.41) is 3.01. The lowest BCUT2D eigenvalue weighted by molar-refractivity contribution is 0.601. The fourth-order valence-electron chi connectivity index (χ4n) is 1.72. The third-order valence-corrected chi connectivity index (χ3v) is 4.14. The van der Waals surface area contributed by atoms with E-state index in [1.807, 2.05) is 14.0 Å². The highest BCUT2D eigenvalue weighted by molar-refractivity contribution is 7.92. The van der Waals surface area contributed by atoms with E-state index in [0.29, 0.717) is 12.4 Å². The van der Waals surface area contributed by atoms with Crippen molar-refractivity contribution in [1.29, 1.82) is 0 Å². The van der Waals surface area contributed by atoms with Gasteiger partial charge in [0.1, 0.15) is 5.82 Å². The van der Waals surface area contributed by atoms with Crippen LogP contribution in [0.3, 0.4) is 0 Å². The van der Waals surface area contributed by atoms with E-state index in [1.54, 1.807) is 42.6 Å². The van der Waals surface area contributed by atoms with Crippen LogP contribution >= 0.6 is 0 Å². The van der Waals surface area contributed by atoms with E-state index in [9.17, 15) is 8.42 Å². The molecule has 0 saturated carbocycles. The van der Waals surface area contributed by atoms with Gasteiger partial charge in [-0.15, -0.1) is 0 Å². The fourth-order valence-corrected chi connectivity index (χ4v) is 2.72. The number of anilines is 1. The average Bonchev–Trinajstić information content (AvgIpc) is 2.42. The van der Waals surface area contributed by atoms with Gasteiger partial charge in [0, 0.05) is 12.7 Å². The Kier molecular flexibility index (Phi) is 4.36. The first-order valence-electron chi connectivity index (χ1n) is 6.20. The van der Waals surface area contributed by atoms with Gasteiger partial charge >= 0.3 is 0 Å². The van der Waals surface area contributed by atoms with Crippen LogP contribution in [0.25, 0.3) is 0 Å². The SMILES string of the molecule is CNCc1ccc(S(=O)(=O)Nc2ccc(C)cn2)cc1. The summed E-state index contributed by atoms with van der Waals surface area (Å²) in [5.74, 6) is 0.315. The zero-order chi connectivity index (χ0) is 14.6. The van der Waals surface area contributed by atoms with Crippen LogP contribution in [-0.4, -0.2) is 20.4 Å². The average molecular weight is 291 g/mol. The zero-order valence-corrected chi connectivity index (χ0v) is 12.2. The first kappa shape index (κ1) is 14.5. The van der Waals surface area contributed by atoms with Gasteiger partial charge in [0.2, 0.25) is 0 Å². The molecule has 0 aliphatic rings. The van der Waals surface area contributed by atoms with Crippen LogP contribution < -0.4 is 10.0 Å². The van der Waals surface area contributed by atoms with Gasteiger partial charge in [-0.3, -0.25) is 4.72 Å². The molecule has 1 aromatic carbocycles. The van der Waals surface area contributed by atoms with Crippen molar-refractivity contribution in [2.45, 2.75) is 18.4 Å². The summed E-state index contributed by atoms with van der Waals surface area (Å²) in [4.78, 5) is 4.26. The van der Waals surface area contributed by atoms with Crippen LogP contribution in [0.4, 0.5) is 5.82 Å². The molecule has 6 heteroatoms. The van der Waals surface area contributed by atoms with E-state index < -0.39 is 10.0 Å². The van der Waals surface area contributed by atoms with Crippen LogP contribution in [0, 0.1) is 6.92 Å². The van der Waals surface area contributed by atoms with Gasteiger partial charge in [-0.05, 0) is 43.3 Å². The van der Waals surface area contributed by atoms with E-state index in [2.05, 4.69) is 15.0 Å². The molecule has 0 aliphatic heterocycles. The minimum Gasteiger partial charge on any atom is -0.316 e. The van der Waals surface area contributed by atoms with Gasteiger partial charge in [0.05, 0.1) is 4.90 Å². The molecule has 0 radical (unpaired) electrons. The molecule has 106 valence electrons. The third-order valence-electron chi connectivity index (χ3n) is 2.76. The minimum atomic E-state index is -3.59. The number of nitrogens with one attached hydrogen (secondary N) is 2. The summed E-state index contributed by atoms with van der Waals surface area (Å²) in [6, 6.07) is 10.2. The van der Waals surface area contributed by atoms with Crippen molar-refractivity contribution in [3.05, 3.63) is 53.7 Å². The number of sulfonamides is 1. The van der Waals surface area contributed by atoms with Crippen molar-refractivity contribution in [1.82, 2.24) is 10.3 Å². The van der Waals surface area contributed by atoms with Crippen molar-refractivity contribution < 1.29 is 8.42 Å². The number of nitrogens with zero attached hydrogens (tertiary/aromatic N) is 1. The number of hydrogen-bond donors (Lipinski definition) is 2. The highest BCUT2D eigenvalue weighted by Crippen LogP contribution is 2.15. The Morgan fingerprint density at radius 1 is 1.10 bits per heavy atom. The molecule has 2 N–H and O–H groups in total. The molecule has 20 heavy (non-hydrogen) atoms. The smallest absolute Gasteiger partial charge is 0.263 e. The molecular formula is C14H17N3O2S. The van der Waals surface area contributed by atoms with E-state index >= 15 is 0 Å². The molecule has 2 aromatic rings. The van der Waals surface area contributed by atoms with Crippen LogP contribution in [-0.2, 0) is 16.6 Å². The van der Waals surface area contributed by atoms with Gasteiger partial charge in [-0.2, -0.15) is 0 Å². The predicted molar refractivity (Wildman–Crippen MR) is 79.0 cm³/mol. The summed E-state index contributed by atoms with van der Waals surface area (Å²) in [6.45, 7) is 2.60. The van der Waals surface area contributed by atoms with Crippen LogP contribution in [0.5, 0.6) is 0 Å². The van der Waals surface area contributed by atoms with Crippen molar-refractivity contribution in [3.63, 3.8) is 0 Å². The maximum atomic E-state index is 12.2. The Morgan fingerprint density at radius 3 is 2.35 bits per heavy atom. The largest absolute Gasteiger partial charge is 0.316 e. The topological polar surface area (TPSA) is 71.1 Å². The molecule has 0 atom stereocenters. The second-order valence-corrected chi connectivity index (χ2v) is 6.18. The van der Waals surface area contributed by atoms with E-state index in [4.69, 9.17) is 0 Å². The molecular weight excluding hydrogens is 274 g/mol. The molecule has 0 unspecified atom stereocenters. The van der Waals surface area contributed by atoms with Crippen molar-refractivity contribution >= 4 is 15.8 Å². The van der Waals surface area contributed by atoms with Gasteiger partial charge in [-0.1, -0.05) is 18.2 Å². The highest BCUT2D eigenvalue weighted by atomic mass is 32.2. The summed E-state index contributed by atoms with van der Waals surface area (Å²) in [6.07, 6.45) is 1.62. The van der Waals surface area contributed by atoms with Gasteiger partial charge < -0.3 is 5.32 Å². The van der Waals surface area contributed by atoms with E-state index in [0.717, 1.165) is 11.1 Å². The van der Waals surface area contributed by atoms with Crippen LogP contribution in [0.2, 0.25) is 0 Å². The molecule has 0 bridgehead atoms. The molecule has 0 saturated heterocycles. The standard InChI is InChI=1S/C14H17N3O2S/c1-11-3-8-14(16-9-11)17-20(18,19)13-6-4-12(5-7-13)10-15-2/h3-9,15H,10H2,1-2H3,(H,16,17). The predicted octanol–water partition coefficient (Wildman–Crippen LogP) is 1.91. The first-order chi connectivity index (χ1) is 9.51. The van der Waals surface area contributed by atoms with Gasteiger partial charge in [0.25, 0.3) is 10.0 Å². The minimum absolute atomic E-state index is 0.222. The normalized spacial score (nSPS) is 11.3. The first-order valence-corrected chi connectivity index (χ1v) is 7.68. The quantitative estimate of drug-likeness (QED) is 0.883. The third kappa shape index (κ3) is 3.55. The highest BCUT2D eigenvalue weighted by Gasteiger charge is 2.14. The van der Waals surface area contributed by atoms with E-state index in [-0.39, 0.29) is 4.90 Å². The molecule has 2 rings (SSSR count). The summed E-state index contributed by atoms with van der Waals surface area (Å²) >= 11 is 0. The van der Waals surface area contributed by atoms with Gasteiger partial charge in [0.15, 0.2) is 0 Å². The van der Waals surface area contributed by atoms with E-state index in [1.165, 1.54) is 0 Å². The maximum absolute atomic E-state index is 12.2. The molecule has 0 amide bonds.